The van der Waals surface area contributed by atoms with Crippen molar-refractivity contribution in [3.8, 4) is 0 Å². The fourth-order valence-corrected chi connectivity index (χ4v) is 6.37. The van der Waals surface area contributed by atoms with Crippen LogP contribution in [0.2, 0.25) is 15.1 Å². The first kappa shape index (κ1) is 25.7. The van der Waals surface area contributed by atoms with Crippen molar-refractivity contribution in [2.24, 2.45) is 5.92 Å². The first-order valence-electron chi connectivity index (χ1n) is 10.3. The molecular formula is C22H25Cl3N2O3S2. The number of piperidine rings is 1. The number of amides is 1. The van der Waals surface area contributed by atoms with Crippen molar-refractivity contribution >= 4 is 62.5 Å². The summed E-state index contributed by atoms with van der Waals surface area (Å²) in [6.45, 7) is 1.17. The van der Waals surface area contributed by atoms with Gasteiger partial charge in [-0.3, -0.25) is 4.79 Å². The van der Waals surface area contributed by atoms with E-state index in [-0.39, 0.29) is 24.1 Å². The highest BCUT2D eigenvalue weighted by atomic mass is 35.5. The molecule has 0 radical (unpaired) electrons. The second-order valence-electron chi connectivity index (χ2n) is 7.67. The van der Waals surface area contributed by atoms with Crippen LogP contribution in [-0.4, -0.2) is 44.0 Å². The number of thioether (sulfide) groups is 1. The van der Waals surface area contributed by atoms with Gasteiger partial charge in [-0.2, -0.15) is 11.8 Å². The maximum absolute atomic E-state index is 12.9. The molecule has 1 N–H and O–H groups in total. The van der Waals surface area contributed by atoms with Crippen LogP contribution < -0.4 is 5.32 Å². The van der Waals surface area contributed by atoms with Gasteiger partial charge in [0.2, 0.25) is 15.9 Å². The molecule has 0 aliphatic carbocycles. The predicted molar refractivity (Wildman–Crippen MR) is 134 cm³/mol. The normalized spacial score (nSPS) is 17.3. The quantitative estimate of drug-likeness (QED) is 0.446. The van der Waals surface area contributed by atoms with Crippen LogP contribution >= 0.6 is 46.6 Å². The third-order valence-corrected chi connectivity index (χ3v) is 9.05. The van der Waals surface area contributed by atoms with Crippen molar-refractivity contribution in [2.75, 3.05) is 25.4 Å². The van der Waals surface area contributed by atoms with E-state index in [9.17, 15) is 13.2 Å². The van der Waals surface area contributed by atoms with E-state index in [2.05, 4.69) is 5.32 Å². The largest absolute Gasteiger partial charge is 0.355 e. The van der Waals surface area contributed by atoms with Gasteiger partial charge in [-0.1, -0.05) is 53.0 Å². The number of halogens is 3. The molecule has 1 atom stereocenters. The lowest BCUT2D eigenvalue weighted by Crippen LogP contribution is -2.46. The van der Waals surface area contributed by atoms with Crippen molar-refractivity contribution in [3.63, 3.8) is 0 Å². The van der Waals surface area contributed by atoms with E-state index in [1.807, 2.05) is 24.3 Å². The minimum Gasteiger partial charge on any atom is -0.355 e. The molecule has 1 fully saturated rings. The van der Waals surface area contributed by atoms with Gasteiger partial charge >= 0.3 is 0 Å². The smallest absolute Gasteiger partial charge is 0.224 e. The lowest BCUT2D eigenvalue weighted by atomic mass is 9.99. The van der Waals surface area contributed by atoms with Gasteiger partial charge in [0, 0.05) is 36.2 Å². The summed E-state index contributed by atoms with van der Waals surface area (Å²) in [7, 11) is -3.56. The Hall–Kier alpha value is -0.960. The van der Waals surface area contributed by atoms with Gasteiger partial charge in [0.15, 0.2) is 0 Å². The second kappa shape index (κ2) is 12.0. The molecule has 0 unspecified atom stereocenters. The topological polar surface area (TPSA) is 66.5 Å². The molecule has 2 aromatic carbocycles. The summed E-state index contributed by atoms with van der Waals surface area (Å²) in [5.41, 5.74) is 1.75. The molecule has 174 valence electrons. The van der Waals surface area contributed by atoms with E-state index in [0.29, 0.717) is 46.6 Å². The zero-order chi connectivity index (χ0) is 23.1. The number of nitrogens with zero attached hydrogens (tertiary/aromatic N) is 1. The molecule has 0 bridgehead atoms. The van der Waals surface area contributed by atoms with Gasteiger partial charge < -0.3 is 5.32 Å². The van der Waals surface area contributed by atoms with Crippen molar-refractivity contribution in [3.05, 3.63) is 68.7 Å². The van der Waals surface area contributed by atoms with Crippen LogP contribution in [0.3, 0.4) is 0 Å². The molecule has 1 aliphatic heterocycles. The van der Waals surface area contributed by atoms with E-state index < -0.39 is 10.0 Å². The summed E-state index contributed by atoms with van der Waals surface area (Å²) in [6, 6.07) is 12.5. The summed E-state index contributed by atoms with van der Waals surface area (Å²) in [4.78, 5) is 12.6. The lowest BCUT2D eigenvalue weighted by molar-refractivity contribution is -0.125. The fourth-order valence-electron chi connectivity index (χ4n) is 3.50. The first-order valence-corrected chi connectivity index (χ1v) is 14.2. The van der Waals surface area contributed by atoms with Crippen molar-refractivity contribution in [1.29, 1.82) is 0 Å². The summed E-state index contributed by atoms with van der Waals surface area (Å²) in [5, 5.41) is 4.37. The average Bonchev–Trinajstić information content (AvgIpc) is 2.77. The summed E-state index contributed by atoms with van der Waals surface area (Å²) >= 11 is 19.5. The Kier molecular flexibility index (Phi) is 9.58. The number of hydrogen-bond donors (Lipinski definition) is 1. The van der Waals surface area contributed by atoms with Crippen LogP contribution in [0.4, 0.5) is 0 Å². The van der Waals surface area contributed by atoms with Crippen molar-refractivity contribution < 1.29 is 13.2 Å². The molecule has 1 heterocycles. The Morgan fingerprint density at radius 3 is 2.50 bits per heavy atom. The highest BCUT2D eigenvalue weighted by molar-refractivity contribution is 7.98. The minimum atomic E-state index is -3.56. The average molecular weight is 536 g/mol. The number of sulfonamides is 1. The maximum atomic E-state index is 12.9. The molecule has 1 aliphatic rings. The van der Waals surface area contributed by atoms with Gasteiger partial charge in [0.1, 0.15) is 0 Å². The Bertz CT molecular complexity index is 1030. The van der Waals surface area contributed by atoms with Gasteiger partial charge in [0.05, 0.1) is 21.7 Å². The molecule has 1 saturated heterocycles. The molecular weight excluding hydrogens is 511 g/mol. The molecule has 2 aromatic rings. The molecule has 3 rings (SSSR count). The van der Waals surface area contributed by atoms with E-state index in [0.717, 1.165) is 11.5 Å². The van der Waals surface area contributed by atoms with Crippen LogP contribution in [-0.2, 0) is 26.3 Å². The number of rotatable bonds is 9. The molecule has 5 nitrogen and oxygen atoms in total. The highest BCUT2D eigenvalue weighted by Gasteiger charge is 2.32. The van der Waals surface area contributed by atoms with E-state index in [4.69, 9.17) is 34.8 Å². The van der Waals surface area contributed by atoms with Crippen LogP contribution in [0.15, 0.2) is 42.5 Å². The predicted octanol–water partition coefficient (Wildman–Crippen LogP) is 5.24. The van der Waals surface area contributed by atoms with Crippen LogP contribution in [0, 0.1) is 5.92 Å². The standard InChI is InChI=1S/C22H25Cl3N2O3S2/c23-19-6-3-16(4-7-19)14-31-11-9-26-22(28)18-2-1-10-27(13-18)32(29,30)15-17-5-8-20(24)21(25)12-17/h3-8,12,18H,1-2,9-11,13-15H2,(H,26,28)/t18-/m0/s1. The van der Waals surface area contributed by atoms with Crippen molar-refractivity contribution in [1.82, 2.24) is 9.62 Å². The third kappa shape index (κ3) is 7.54. The summed E-state index contributed by atoms with van der Waals surface area (Å²) < 4.78 is 27.2. The van der Waals surface area contributed by atoms with Crippen LogP contribution in [0.5, 0.6) is 0 Å². The van der Waals surface area contributed by atoms with Gasteiger partial charge in [-0.15, -0.1) is 0 Å². The zero-order valence-corrected chi connectivity index (χ0v) is 21.3. The fraction of sp³-hybridized carbons (Fsp3) is 0.409. The highest BCUT2D eigenvalue weighted by Crippen LogP contribution is 2.26. The van der Waals surface area contributed by atoms with E-state index >= 15 is 0 Å². The number of nitrogens with one attached hydrogen (secondary N) is 1. The molecule has 1 amide bonds. The van der Waals surface area contributed by atoms with Gasteiger partial charge in [0.25, 0.3) is 0 Å². The summed E-state index contributed by atoms with van der Waals surface area (Å²) in [6.07, 6.45) is 1.34. The second-order valence-corrected chi connectivity index (χ2v) is 12.0. The maximum Gasteiger partial charge on any atom is 0.224 e. The number of carbonyl (C=O) groups excluding carboxylic acids is 1. The lowest BCUT2D eigenvalue weighted by Gasteiger charge is -2.31. The third-order valence-electron chi connectivity index (χ3n) is 5.21. The molecule has 10 heteroatoms. The van der Waals surface area contributed by atoms with Crippen LogP contribution in [0.25, 0.3) is 0 Å². The van der Waals surface area contributed by atoms with Gasteiger partial charge in [-0.25, -0.2) is 12.7 Å². The minimum absolute atomic E-state index is 0.0912. The monoisotopic (exact) mass is 534 g/mol. The zero-order valence-electron chi connectivity index (χ0n) is 17.4. The van der Waals surface area contributed by atoms with Gasteiger partial charge in [-0.05, 0) is 48.2 Å². The van der Waals surface area contributed by atoms with Crippen LogP contribution in [0.1, 0.15) is 24.0 Å². The number of hydrogen-bond acceptors (Lipinski definition) is 4. The van der Waals surface area contributed by atoms with E-state index in [1.54, 1.807) is 30.0 Å². The summed E-state index contributed by atoms with van der Waals surface area (Å²) in [5.74, 6) is 1.03. The SMILES string of the molecule is O=C(NCCSCc1ccc(Cl)cc1)[C@H]1CCCN(S(=O)(=O)Cc2ccc(Cl)c(Cl)c2)C1. The van der Waals surface area contributed by atoms with Crippen molar-refractivity contribution in [2.45, 2.75) is 24.3 Å². The Labute approximate surface area is 208 Å². The first-order chi connectivity index (χ1) is 15.2. The Morgan fingerprint density at radius 2 is 1.78 bits per heavy atom. The Morgan fingerprint density at radius 1 is 1.06 bits per heavy atom. The molecule has 0 saturated carbocycles. The van der Waals surface area contributed by atoms with E-state index in [1.165, 1.54) is 9.87 Å². The molecule has 0 spiro atoms. The number of carbonyl (C=O) groups is 1. The molecule has 32 heavy (non-hydrogen) atoms. The Balaban J connectivity index is 1.45. The number of benzene rings is 2. The molecule has 0 aromatic heterocycles.